The van der Waals surface area contributed by atoms with Gasteiger partial charge in [0.25, 0.3) is 0 Å². The molecule has 2 aromatic heterocycles. The first-order valence-electron chi connectivity index (χ1n) is 8.60. The van der Waals surface area contributed by atoms with Crippen LogP contribution in [-0.4, -0.2) is 26.1 Å². The topological polar surface area (TPSA) is 55.6 Å². The highest BCUT2D eigenvalue weighted by Crippen LogP contribution is 2.38. The SMILES string of the molecule is Clc1cc(NCCc2nccn2Cc2ccccc2)nc(C2CC2)n1. The fraction of sp³-hybridized carbons (Fsp3) is 0.316. The summed E-state index contributed by atoms with van der Waals surface area (Å²) in [6, 6.07) is 12.2. The molecule has 2 heterocycles. The molecule has 0 bridgehead atoms. The average molecular weight is 354 g/mol. The predicted octanol–water partition coefficient (Wildman–Crippen LogP) is 3.91. The summed E-state index contributed by atoms with van der Waals surface area (Å²) < 4.78 is 2.18. The molecule has 5 nitrogen and oxygen atoms in total. The summed E-state index contributed by atoms with van der Waals surface area (Å²) in [5.41, 5.74) is 1.27. The van der Waals surface area contributed by atoms with E-state index in [0.29, 0.717) is 11.1 Å². The molecule has 1 aliphatic rings. The second-order valence-corrected chi connectivity index (χ2v) is 6.73. The lowest BCUT2D eigenvalue weighted by atomic mass is 10.2. The van der Waals surface area contributed by atoms with Crippen molar-refractivity contribution in [1.82, 2.24) is 19.5 Å². The number of nitrogens with zero attached hydrogens (tertiary/aromatic N) is 4. The van der Waals surface area contributed by atoms with E-state index in [1.165, 1.54) is 5.56 Å². The Kier molecular flexibility index (Phi) is 4.65. The highest BCUT2D eigenvalue weighted by Gasteiger charge is 2.27. The van der Waals surface area contributed by atoms with Gasteiger partial charge in [-0.2, -0.15) is 0 Å². The molecule has 25 heavy (non-hydrogen) atoms. The molecule has 6 heteroatoms. The van der Waals surface area contributed by atoms with Crippen molar-refractivity contribution in [2.24, 2.45) is 0 Å². The van der Waals surface area contributed by atoms with Crippen LogP contribution >= 0.6 is 11.6 Å². The molecule has 0 unspecified atom stereocenters. The van der Waals surface area contributed by atoms with Crippen molar-refractivity contribution in [1.29, 1.82) is 0 Å². The molecular formula is C19H20ClN5. The number of hydrogen-bond donors (Lipinski definition) is 1. The summed E-state index contributed by atoms with van der Waals surface area (Å²) in [4.78, 5) is 13.4. The first-order valence-corrected chi connectivity index (χ1v) is 8.98. The zero-order valence-electron chi connectivity index (χ0n) is 13.9. The Bertz CT molecular complexity index is 842. The van der Waals surface area contributed by atoms with E-state index in [2.05, 4.69) is 49.1 Å². The van der Waals surface area contributed by atoms with E-state index in [1.54, 1.807) is 6.07 Å². The van der Waals surface area contributed by atoms with Crippen molar-refractivity contribution in [3.63, 3.8) is 0 Å². The fourth-order valence-electron chi connectivity index (χ4n) is 2.84. The Morgan fingerprint density at radius 3 is 2.80 bits per heavy atom. The molecule has 0 amide bonds. The van der Waals surface area contributed by atoms with E-state index in [1.807, 2.05) is 18.5 Å². The molecule has 4 rings (SSSR count). The molecule has 0 atom stereocenters. The van der Waals surface area contributed by atoms with E-state index in [-0.39, 0.29) is 0 Å². The molecular weight excluding hydrogens is 334 g/mol. The first-order chi connectivity index (χ1) is 12.3. The molecule has 1 fully saturated rings. The Labute approximate surface area is 152 Å². The third kappa shape index (κ3) is 4.17. The van der Waals surface area contributed by atoms with Crippen LogP contribution in [0.25, 0.3) is 0 Å². The molecule has 128 valence electrons. The minimum Gasteiger partial charge on any atom is -0.369 e. The summed E-state index contributed by atoms with van der Waals surface area (Å²) in [6.07, 6.45) is 7.02. The Morgan fingerprint density at radius 2 is 2.00 bits per heavy atom. The van der Waals surface area contributed by atoms with Gasteiger partial charge in [0.05, 0.1) is 0 Å². The maximum Gasteiger partial charge on any atom is 0.135 e. The minimum absolute atomic E-state index is 0.490. The minimum atomic E-state index is 0.490. The van der Waals surface area contributed by atoms with E-state index < -0.39 is 0 Å². The van der Waals surface area contributed by atoms with Crippen LogP contribution < -0.4 is 5.32 Å². The summed E-state index contributed by atoms with van der Waals surface area (Å²) in [5, 5.41) is 3.85. The van der Waals surface area contributed by atoms with Gasteiger partial charge in [-0.05, 0) is 18.4 Å². The maximum absolute atomic E-state index is 6.11. The van der Waals surface area contributed by atoms with Gasteiger partial charge in [-0.15, -0.1) is 0 Å². The molecule has 1 saturated carbocycles. The number of nitrogens with one attached hydrogen (secondary N) is 1. The third-order valence-corrected chi connectivity index (χ3v) is 4.50. The highest BCUT2D eigenvalue weighted by molar-refractivity contribution is 6.29. The molecule has 1 aliphatic carbocycles. The second kappa shape index (κ2) is 7.23. The number of halogens is 1. The summed E-state index contributed by atoms with van der Waals surface area (Å²) in [5.74, 6) is 3.20. The summed E-state index contributed by atoms with van der Waals surface area (Å²) >= 11 is 6.11. The summed E-state index contributed by atoms with van der Waals surface area (Å²) in [7, 11) is 0. The number of hydrogen-bond acceptors (Lipinski definition) is 4. The van der Waals surface area contributed by atoms with Crippen LogP contribution in [-0.2, 0) is 13.0 Å². The second-order valence-electron chi connectivity index (χ2n) is 6.34. The normalized spacial score (nSPS) is 13.8. The lowest BCUT2D eigenvalue weighted by Crippen LogP contribution is -2.12. The Hall–Kier alpha value is -2.40. The van der Waals surface area contributed by atoms with Gasteiger partial charge in [-0.1, -0.05) is 41.9 Å². The molecule has 1 N–H and O–H groups in total. The Morgan fingerprint density at radius 1 is 1.16 bits per heavy atom. The zero-order valence-corrected chi connectivity index (χ0v) is 14.7. The lowest BCUT2D eigenvalue weighted by molar-refractivity contribution is 0.722. The zero-order chi connectivity index (χ0) is 17.1. The third-order valence-electron chi connectivity index (χ3n) is 4.31. The van der Waals surface area contributed by atoms with Gasteiger partial charge in [0.15, 0.2) is 0 Å². The van der Waals surface area contributed by atoms with Gasteiger partial charge < -0.3 is 9.88 Å². The monoisotopic (exact) mass is 353 g/mol. The van der Waals surface area contributed by atoms with Crippen LogP contribution in [0.3, 0.4) is 0 Å². The van der Waals surface area contributed by atoms with Crippen molar-refractivity contribution in [2.75, 3.05) is 11.9 Å². The maximum atomic E-state index is 6.11. The van der Waals surface area contributed by atoms with Gasteiger partial charge in [-0.3, -0.25) is 0 Å². The van der Waals surface area contributed by atoms with Gasteiger partial charge in [0.2, 0.25) is 0 Å². The van der Waals surface area contributed by atoms with Crippen LogP contribution in [0, 0.1) is 0 Å². The molecule has 0 spiro atoms. The number of anilines is 1. The lowest BCUT2D eigenvalue weighted by Gasteiger charge is -2.10. The number of rotatable bonds is 7. The standard InChI is InChI=1S/C19H20ClN5/c20-16-12-17(24-19(23-16)15-6-7-15)21-9-8-18-22-10-11-25(18)13-14-4-2-1-3-5-14/h1-5,10-12,15H,6-9,13H2,(H,21,23,24). The molecule has 3 aromatic rings. The van der Waals surface area contributed by atoms with Gasteiger partial charge in [0, 0.05) is 43.9 Å². The molecule has 0 radical (unpaired) electrons. The largest absolute Gasteiger partial charge is 0.369 e. The van der Waals surface area contributed by atoms with Crippen molar-refractivity contribution in [2.45, 2.75) is 31.7 Å². The number of aromatic nitrogens is 4. The van der Waals surface area contributed by atoms with Crippen molar-refractivity contribution < 1.29 is 0 Å². The fourth-order valence-corrected chi connectivity index (χ4v) is 3.03. The van der Waals surface area contributed by atoms with Crippen LogP contribution in [0.5, 0.6) is 0 Å². The van der Waals surface area contributed by atoms with Crippen LogP contribution in [0.4, 0.5) is 5.82 Å². The van der Waals surface area contributed by atoms with Crippen molar-refractivity contribution in [3.8, 4) is 0 Å². The Balaban J connectivity index is 1.37. The highest BCUT2D eigenvalue weighted by atomic mass is 35.5. The average Bonchev–Trinajstić information content (AvgIpc) is 3.38. The molecule has 0 saturated heterocycles. The molecule has 0 aliphatic heterocycles. The smallest absolute Gasteiger partial charge is 0.135 e. The summed E-state index contributed by atoms with van der Waals surface area (Å²) in [6.45, 7) is 1.59. The molecule has 1 aromatic carbocycles. The van der Waals surface area contributed by atoms with Gasteiger partial charge in [0.1, 0.15) is 22.6 Å². The predicted molar refractivity (Wildman–Crippen MR) is 99.0 cm³/mol. The van der Waals surface area contributed by atoms with Gasteiger partial charge in [-0.25, -0.2) is 15.0 Å². The van der Waals surface area contributed by atoms with Crippen molar-refractivity contribution >= 4 is 17.4 Å². The van der Waals surface area contributed by atoms with E-state index in [9.17, 15) is 0 Å². The van der Waals surface area contributed by atoms with Crippen LogP contribution in [0.2, 0.25) is 5.15 Å². The van der Waals surface area contributed by atoms with E-state index >= 15 is 0 Å². The number of benzene rings is 1. The first kappa shape index (κ1) is 16.1. The van der Waals surface area contributed by atoms with E-state index in [0.717, 1.165) is 49.8 Å². The van der Waals surface area contributed by atoms with Crippen LogP contribution in [0.1, 0.15) is 36.0 Å². The quantitative estimate of drug-likeness (QED) is 0.654. The van der Waals surface area contributed by atoms with Crippen LogP contribution in [0.15, 0.2) is 48.8 Å². The number of imidazole rings is 1. The van der Waals surface area contributed by atoms with Gasteiger partial charge >= 0.3 is 0 Å². The van der Waals surface area contributed by atoms with E-state index in [4.69, 9.17) is 11.6 Å². The van der Waals surface area contributed by atoms with Crippen molar-refractivity contribution in [3.05, 3.63) is 71.2 Å².